The summed E-state index contributed by atoms with van der Waals surface area (Å²) in [6, 6.07) is 15.7. The number of benzene rings is 1. The SMILES string of the molecule is CN(C)c1ccc(-c2cccc(Cn3cnc4ncccc4c3=O)c2)cn1. The lowest BCUT2D eigenvalue weighted by molar-refractivity contribution is 0.747. The second-order valence-electron chi connectivity index (χ2n) is 6.55. The molecule has 4 rings (SSSR count). The summed E-state index contributed by atoms with van der Waals surface area (Å²) in [5.74, 6) is 0.914. The third kappa shape index (κ3) is 3.42. The molecule has 3 heterocycles. The van der Waals surface area contributed by atoms with Crippen molar-refractivity contribution in [3.8, 4) is 11.1 Å². The number of hydrogen-bond donors (Lipinski definition) is 0. The summed E-state index contributed by atoms with van der Waals surface area (Å²) in [7, 11) is 3.93. The van der Waals surface area contributed by atoms with Crippen LogP contribution in [0.1, 0.15) is 5.56 Å². The average Bonchev–Trinajstić information content (AvgIpc) is 2.71. The number of aromatic nitrogens is 4. The summed E-state index contributed by atoms with van der Waals surface area (Å²) >= 11 is 0. The quantitative estimate of drug-likeness (QED) is 0.562. The highest BCUT2D eigenvalue weighted by Crippen LogP contribution is 2.21. The van der Waals surface area contributed by atoms with Gasteiger partial charge in [-0.15, -0.1) is 0 Å². The van der Waals surface area contributed by atoms with Crippen LogP contribution in [0, 0.1) is 0 Å². The molecule has 4 aromatic rings. The molecule has 0 saturated carbocycles. The Bertz CT molecular complexity index is 1150. The Morgan fingerprint density at radius 2 is 1.85 bits per heavy atom. The van der Waals surface area contributed by atoms with Crippen molar-refractivity contribution in [1.82, 2.24) is 19.5 Å². The Balaban J connectivity index is 1.65. The minimum atomic E-state index is -0.0875. The first-order valence-electron chi connectivity index (χ1n) is 8.65. The van der Waals surface area contributed by atoms with Gasteiger partial charge in [-0.3, -0.25) is 9.36 Å². The normalized spacial score (nSPS) is 10.9. The lowest BCUT2D eigenvalue weighted by Gasteiger charge is -2.12. The van der Waals surface area contributed by atoms with Gasteiger partial charge in [-0.05, 0) is 41.5 Å². The van der Waals surface area contributed by atoms with Gasteiger partial charge in [0.15, 0.2) is 5.65 Å². The Morgan fingerprint density at radius 1 is 0.963 bits per heavy atom. The molecule has 0 saturated heterocycles. The average molecular weight is 357 g/mol. The van der Waals surface area contributed by atoms with Crippen molar-refractivity contribution in [1.29, 1.82) is 0 Å². The van der Waals surface area contributed by atoms with E-state index in [1.54, 1.807) is 29.2 Å². The van der Waals surface area contributed by atoms with Crippen molar-refractivity contribution < 1.29 is 0 Å². The Morgan fingerprint density at radius 3 is 2.63 bits per heavy atom. The molecule has 134 valence electrons. The van der Waals surface area contributed by atoms with Gasteiger partial charge in [0.2, 0.25) is 0 Å². The molecular weight excluding hydrogens is 338 g/mol. The molecule has 0 radical (unpaired) electrons. The Kier molecular flexibility index (Phi) is 4.38. The fourth-order valence-electron chi connectivity index (χ4n) is 2.98. The largest absolute Gasteiger partial charge is 0.363 e. The summed E-state index contributed by atoms with van der Waals surface area (Å²) in [4.78, 5) is 27.5. The van der Waals surface area contributed by atoms with Crippen LogP contribution in [0.15, 0.2) is 72.0 Å². The Hall–Kier alpha value is -3.54. The van der Waals surface area contributed by atoms with Crippen LogP contribution >= 0.6 is 0 Å². The van der Waals surface area contributed by atoms with Crippen molar-refractivity contribution in [2.45, 2.75) is 6.54 Å². The summed E-state index contributed by atoms with van der Waals surface area (Å²) in [6.07, 6.45) is 5.06. The smallest absolute Gasteiger partial charge is 0.263 e. The topological polar surface area (TPSA) is 63.9 Å². The van der Waals surface area contributed by atoms with E-state index in [2.05, 4.69) is 27.1 Å². The molecule has 6 nitrogen and oxygen atoms in total. The summed E-state index contributed by atoms with van der Waals surface area (Å²) < 4.78 is 1.61. The number of hydrogen-bond acceptors (Lipinski definition) is 5. The highest BCUT2D eigenvalue weighted by atomic mass is 16.1. The first-order valence-corrected chi connectivity index (χ1v) is 8.65. The van der Waals surface area contributed by atoms with E-state index in [9.17, 15) is 4.79 Å². The van der Waals surface area contributed by atoms with E-state index in [1.165, 1.54) is 0 Å². The first-order chi connectivity index (χ1) is 13.1. The van der Waals surface area contributed by atoms with Gasteiger partial charge in [-0.2, -0.15) is 0 Å². The van der Waals surface area contributed by atoms with Crippen molar-refractivity contribution in [2.75, 3.05) is 19.0 Å². The van der Waals surface area contributed by atoms with Crippen LogP contribution < -0.4 is 10.5 Å². The molecule has 27 heavy (non-hydrogen) atoms. The van der Waals surface area contributed by atoms with Crippen LogP contribution in [0.5, 0.6) is 0 Å². The van der Waals surface area contributed by atoms with Crippen LogP contribution in [-0.4, -0.2) is 33.6 Å². The zero-order chi connectivity index (χ0) is 18.8. The molecule has 0 aliphatic heterocycles. The molecule has 0 aliphatic carbocycles. The number of rotatable bonds is 4. The maximum Gasteiger partial charge on any atom is 0.263 e. The molecule has 0 fully saturated rings. The summed E-state index contributed by atoms with van der Waals surface area (Å²) in [6.45, 7) is 0.452. The van der Waals surface area contributed by atoms with Crippen LogP contribution in [-0.2, 0) is 6.54 Å². The molecule has 0 unspecified atom stereocenters. The van der Waals surface area contributed by atoms with Gasteiger partial charge in [0.1, 0.15) is 12.1 Å². The predicted octanol–water partition coefficient (Wildman–Crippen LogP) is 2.97. The molecule has 1 aromatic carbocycles. The van der Waals surface area contributed by atoms with Gasteiger partial charge >= 0.3 is 0 Å². The second-order valence-corrected chi connectivity index (χ2v) is 6.55. The minimum Gasteiger partial charge on any atom is -0.363 e. The summed E-state index contributed by atoms with van der Waals surface area (Å²) in [5, 5.41) is 0.527. The molecular formula is C21H19N5O. The van der Waals surface area contributed by atoms with Gasteiger partial charge < -0.3 is 4.90 Å². The number of fused-ring (bicyclic) bond motifs is 1. The van der Waals surface area contributed by atoms with E-state index < -0.39 is 0 Å². The zero-order valence-electron chi connectivity index (χ0n) is 15.2. The fourth-order valence-corrected chi connectivity index (χ4v) is 2.98. The van der Waals surface area contributed by atoms with Crippen LogP contribution in [0.25, 0.3) is 22.2 Å². The standard InChI is InChI=1S/C21H19N5O/c1-25(2)19-9-8-17(12-23-19)16-6-3-5-15(11-16)13-26-14-24-20-18(21(26)27)7-4-10-22-20/h3-12,14H,13H2,1-2H3. The number of pyridine rings is 2. The third-order valence-electron chi connectivity index (χ3n) is 4.42. The summed E-state index contributed by atoms with van der Waals surface area (Å²) in [5.41, 5.74) is 3.51. The van der Waals surface area contributed by atoms with Crippen LogP contribution in [0.3, 0.4) is 0 Å². The lowest BCUT2D eigenvalue weighted by atomic mass is 10.0. The van der Waals surface area contributed by atoms with Gasteiger partial charge in [0.25, 0.3) is 5.56 Å². The minimum absolute atomic E-state index is 0.0875. The van der Waals surface area contributed by atoms with E-state index in [4.69, 9.17) is 0 Å². The second kappa shape index (κ2) is 6.99. The number of nitrogens with zero attached hydrogens (tertiary/aromatic N) is 5. The molecule has 0 spiro atoms. The van der Waals surface area contributed by atoms with Gasteiger partial charge in [0, 0.05) is 32.1 Å². The maximum atomic E-state index is 12.7. The molecule has 0 N–H and O–H groups in total. The predicted molar refractivity (Wildman–Crippen MR) is 107 cm³/mol. The number of anilines is 1. The molecule has 3 aromatic heterocycles. The van der Waals surface area contributed by atoms with E-state index in [1.807, 2.05) is 49.5 Å². The zero-order valence-corrected chi connectivity index (χ0v) is 15.2. The fraction of sp³-hybridized carbons (Fsp3) is 0.143. The van der Waals surface area contributed by atoms with Crippen LogP contribution in [0.2, 0.25) is 0 Å². The lowest BCUT2D eigenvalue weighted by Crippen LogP contribution is -2.21. The highest BCUT2D eigenvalue weighted by molar-refractivity contribution is 5.72. The molecule has 6 heteroatoms. The van der Waals surface area contributed by atoms with Crippen LogP contribution in [0.4, 0.5) is 5.82 Å². The molecule has 0 atom stereocenters. The van der Waals surface area contributed by atoms with Crippen molar-refractivity contribution in [2.24, 2.45) is 0 Å². The molecule has 0 amide bonds. The van der Waals surface area contributed by atoms with E-state index in [-0.39, 0.29) is 5.56 Å². The van der Waals surface area contributed by atoms with Gasteiger partial charge in [-0.25, -0.2) is 15.0 Å². The van der Waals surface area contributed by atoms with E-state index >= 15 is 0 Å². The van der Waals surface area contributed by atoms with E-state index in [0.29, 0.717) is 17.6 Å². The molecule has 0 aliphatic rings. The third-order valence-corrected chi connectivity index (χ3v) is 4.42. The monoisotopic (exact) mass is 357 g/mol. The van der Waals surface area contributed by atoms with Crippen molar-refractivity contribution in [3.05, 3.63) is 83.2 Å². The maximum absolute atomic E-state index is 12.7. The highest BCUT2D eigenvalue weighted by Gasteiger charge is 2.06. The van der Waals surface area contributed by atoms with Gasteiger partial charge in [-0.1, -0.05) is 18.2 Å². The Labute approximate surface area is 156 Å². The van der Waals surface area contributed by atoms with Crippen molar-refractivity contribution >= 4 is 16.9 Å². The van der Waals surface area contributed by atoms with Crippen molar-refractivity contribution in [3.63, 3.8) is 0 Å². The first kappa shape index (κ1) is 16.9. The van der Waals surface area contributed by atoms with Gasteiger partial charge in [0.05, 0.1) is 11.9 Å². The molecule has 0 bridgehead atoms. The van der Waals surface area contributed by atoms with E-state index in [0.717, 1.165) is 22.5 Å².